The number of benzene rings is 2. The molecule has 1 aliphatic carbocycles. The number of nitrogens with one attached hydrogen (secondary N) is 1. The molecule has 1 heterocycles. The summed E-state index contributed by atoms with van der Waals surface area (Å²) in [4.78, 5) is 17.4. The van der Waals surface area contributed by atoms with Gasteiger partial charge in [-0.1, -0.05) is 6.07 Å². The van der Waals surface area contributed by atoms with Gasteiger partial charge in [0, 0.05) is 16.9 Å². The maximum absolute atomic E-state index is 15.0. The Kier molecular flexibility index (Phi) is 5.04. The van der Waals surface area contributed by atoms with E-state index in [0.29, 0.717) is 22.3 Å². The van der Waals surface area contributed by atoms with E-state index in [0.717, 1.165) is 19.3 Å². The highest BCUT2D eigenvalue weighted by Crippen LogP contribution is 2.42. The normalized spacial score (nSPS) is 13.6. The first kappa shape index (κ1) is 19.7. The lowest BCUT2D eigenvalue weighted by molar-refractivity contribution is 0.0603. The number of nitrogens with zero attached hydrogens (tertiary/aromatic N) is 2. The molecule has 154 valence electrons. The van der Waals surface area contributed by atoms with Crippen molar-refractivity contribution in [2.24, 2.45) is 0 Å². The number of hydrogen-bond acceptors (Lipinski definition) is 5. The number of esters is 1. The van der Waals surface area contributed by atoms with Crippen LogP contribution in [0, 0.1) is 23.0 Å². The smallest absolute Gasteiger partial charge is 0.342 e. The summed E-state index contributed by atoms with van der Waals surface area (Å²) in [7, 11) is 2.52. The van der Waals surface area contributed by atoms with Gasteiger partial charge >= 0.3 is 5.97 Å². The van der Waals surface area contributed by atoms with Crippen molar-refractivity contribution in [1.82, 2.24) is 4.98 Å². The Balaban J connectivity index is 1.98. The van der Waals surface area contributed by atoms with Crippen LogP contribution in [0.25, 0.3) is 10.9 Å². The fourth-order valence-electron chi connectivity index (χ4n) is 3.75. The summed E-state index contributed by atoms with van der Waals surface area (Å²) in [6.45, 7) is 0. The average Bonchev–Trinajstić information content (AvgIpc) is 3.10. The van der Waals surface area contributed by atoms with Gasteiger partial charge in [-0.05, 0) is 43.5 Å². The van der Waals surface area contributed by atoms with Crippen molar-refractivity contribution in [2.45, 2.75) is 25.3 Å². The van der Waals surface area contributed by atoms with Crippen LogP contribution in [-0.4, -0.2) is 31.2 Å². The Bertz CT molecular complexity index is 1180. The zero-order valence-electron chi connectivity index (χ0n) is 16.5. The molecule has 0 unspecified atom stereocenters. The number of ether oxygens (including phenoxy) is 2. The number of halogens is 2. The maximum atomic E-state index is 15.0. The van der Waals surface area contributed by atoms with Crippen LogP contribution in [0.5, 0.6) is 5.75 Å². The first-order valence-corrected chi connectivity index (χ1v) is 9.45. The largest absolute Gasteiger partial charge is 0.494 e. The summed E-state index contributed by atoms with van der Waals surface area (Å²) >= 11 is 0. The van der Waals surface area contributed by atoms with Crippen molar-refractivity contribution in [2.75, 3.05) is 19.1 Å². The van der Waals surface area contributed by atoms with E-state index >= 15 is 4.39 Å². The summed E-state index contributed by atoms with van der Waals surface area (Å²) in [6, 6.07) is 9.56. The van der Waals surface area contributed by atoms with Crippen LogP contribution in [-0.2, 0) is 4.74 Å². The minimum atomic E-state index is -1.10. The Labute approximate surface area is 171 Å². The predicted octanol–water partition coefficient (Wildman–Crippen LogP) is 4.80. The lowest BCUT2D eigenvalue weighted by atomic mass is 9.90. The predicted molar refractivity (Wildman–Crippen MR) is 107 cm³/mol. The van der Waals surface area contributed by atoms with Gasteiger partial charge in [-0.2, -0.15) is 9.65 Å². The van der Waals surface area contributed by atoms with Gasteiger partial charge in [0.1, 0.15) is 11.4 Å². The molecule has 0 amide bonds. The SMILES string of the molecule is COC(=O)c1c(N(c2ccc(OC)c(F)c2F)C2CCC2)[nH]c2cc(C#N)ccc12. The molecule has 2 aromatic carbocycles. The molecule has 1 saturated carbocycles. The number of hydrogen-bond donors (Lipinski definition) is 1. The molecule has 0 spiro atoms. The first-order chi connectivity index (χ1) is 14.5. The monoisotopic (exact) mass is 411 g/mol. The minimum absolute atomic E-state index is 0.00443. The Morgan fingerprint density at radius 2 is 1.97 bits per heavy atom. The van der Waals surface area contributed by atoms with Gasteiger partial charge in [-0.25, -0.2) is 9.18 Å². The second-order valence-electron chi connectivity index (χ2n) is 7.08. The van der Waals surface area contributed by atoms with Crippen LogP contribution in [0.15, 0.2) is 30.3 Å². The number of aromatic nitrogens is 1. The number of fused-ring (bicyclic) bond motifs is 1. The standard InChI is InChI=1S/C22H19F2N3O3/c1-29-17-9-8-16(19(23)20(17)24)27(13-4-3-5-13)21-18(22(28)30-2)14-7-6-12(11-25)10-15(14)26-21/h6-10,13,26H,3-5H2,1-2H3. The second-order valence-corrected chi connectivity index (χ2v) is 7.08. The topological polar surface area (TPSA) is 78.3 Å². The molecule has 1 fully saturated rings. The first-order valence-electron chi connectivity index (χ1n) is 9.45. The van der Waals surface area contributed by atoms with Gasteiger partial charge in [0.25, 0.3) is 0 Å². The molecule has 30 heavy (non-hydrogen) atoms. The summed E-state index contributed by atoms with van der Waals surface area (Å²) in [5.74, 6) is -2.66. The van der Waals surface area contributed by atoms with Crippen molar-refractivity contribution in [1.29, 1.82) is 5.26 Å². The summed E-state index contributed by atoms with van der Waals surface area (Å²) < 4.78 is 39.4. The van der Waals surface area contributed by atoms with E-state index in [1.54, 1.807) is 23.1 Å². The number of aromatic amines is 1. The molecule has 0 radical (unpaired) electrons. The molecule has 1 N–H and O–H groups in total. The number of H-pyrrole nitrogens is 1. The van der Waals surface area contributed by atoms with Gasteiger partial charge in [-0.3, -0.25) is 0 Å². The molecule has 0 bridgehead atoms. The van der Waals surface area contributed by atoms with Crippen LogP contribution in [0.4, 0.5) is 20.3 Å². The number of anilines is 2. The molecule has 0 aliphatic heterocycles. The van der Waals surface area contributed by atoms with Crippen molar-refractivity contribution in [3.05, 3.63) is 53.1 Å². The third kappa shape index (κ3) is 3.03. The summed E-state index contributed by atoms with van der Waals surface area (Å²) in [6.07, 6.45) is 2.45. The number of carbonyl (C=O) groups is 1. The quantitative estimate of drug-likeness (QED) is 0.610. The second kappa shape index (κ2) is 7.67. The fourth-order valence-corrected chi connectivity index (χ4v) is 3.75. The molecular weight excluding hydrogens is 392 g/mol. The van der Waals surface area contributed by atoms with Crippen molar-refractivity contribution >= 4 is 28.4 Å². The molecule has 0 atom stereocenters. The highest BCUT2D eigenvalue weighted by atomic mass is 19.2. The molecule has 8 heteroatoms. The van der Waals surface area contributed by atoms with E-state index in [2.05, 4.69) is 11.1 Å². The average molecular weight is 411 g/mol. The van der Waals surface area contributed by atoms with Crippen LogP contribution >= 0.6 is 0 Å². The summed E-state index contributed by atoms with van der Waals surface area (Å²) in [5, 5.41) is 9.74. The van der Waals surface area contributed by atoms with Gasteiger partial charge in [0.2, 0.25) is 5.82 Å². The highest BCUT2D eigenvalue weighted by Gasteiger charge is 2.34. The van der Waals surface area contributed by atoms with E-state index < -0.39 is 17.6 Å². The van der Waals surface area contributed by atoms with Gasteiger partial charge in [-0.15, -0.1) is 0 Å². The van der Waals surface area contributed by atoms with E-state index in [4.69, 9.17) is 9.47 Å². The number of nitriles is 1. The molecule has 0 saturated heterocycles. The van der Waals surface area contributed by atoms with Crippen LogP contribution < -0.4 is 9.64 Å². The molecular formula is C22H19F2N3O3. The van der Waals surface area contributed by atoms with Crippen LogP contribution in [0.2, 0.25) is 0 Å². The Morgan fingerprint density at radius 3 is 2.57 bits per heavy atom. The highest BCUT2D eigenvalue weighted by molar-refractivity contribution is 6.10. The van der Waals surface area contributed by atoms with Gasteiger partial charge in [0.15, 0.2) is 11.6 Å². The Morgan fingerprint density at radius 1 is 1.20 bits per heavy atom. The number of carbonyl (C=O) groups excluding carboxylic acids is 1. The zero-order chi connectivity index (χ0) is 21.4. The van der Waals surface area contributed by atoms with Crippen LogP contribution in [0.3, 0.4) is 0 Å². The number of methoxy groups -OCH3 is 2. The van der Waals surface area contributed by atoms with Gasteiger partial charge in [0.05, 0.1) is 31.5 Å². The molecule has 1 aliphatic rings. The van der Waals surface area contributed by atoms with E-state index in [-0.39, 0.29) is 23.0 Å². The lowest BCUT2D eigenvalue weighted by Gasteiger charge is -2.39. The summed E-state index contributed by atoms with van der Waals surface area (Å²) in [5.41, 5.74) is 1.14. The molecule has 4 rings (SSSR count). The lowest BCUT2D eigenvalue weighted by Crippen LogP contribution is -2.38. The Hall–Kier alpha value is -3.60. The molecule has 3 aromatic rings. The van der Waals surface area contributed by atoms with Gasteiger partial charge < -0.3 is 19.4 Å². The molecule has 1 aromatic heterocycles. The van der Waals surface area contributed by atoms with E-state index in [1.807, 2.05) is 0 Å². The maximum Gasteiger partial charge on any atom is 0.342 e. The van der Waals surface area contributed by atoms with Crippen molar-refractivity contribution in [3.8, 4) is 11.8 Å². The zero-order valence-corrected chi connectivity index (χ0v) is 16.5. The number of rotatable bonds is 5. The third-order valence-corrected chi connectivity index (χ3v) is 5.48. The van der Waals surface area contributed by atoms with Crippen molar-refractivity contribution < 1.29 is 23.0 Å². The van der Waals surface area contributed by atoms with Crippen molar-refractivity contribution in [3.63, 3.8) is 0 Å². The van der Waals surface area contributed by atoms with Crippen LogP contribution in [0.1, 0.15) is 35.2 Å². The van der Waals surface area contributed by atoms with E-state index in [1.165, 1.54) is 26.4 Å². The van der Waals surface area contributed by atoms with E-state index in [9.17, 15) is 14.4 Å². The minimum Gasteiger partial charge on any atom is -0.494 e. The molecule has 6 nitrogen and oxygen atoms in total. The third-order valence-electron chi connectivity index (χ3n) is 5.48. The fraction of sp³-hybridized carbons (Fsp3) is 0.273.